The maximum atomic E-state index is 11.8. The first-order chi connectivity index (χ1) is 9.65. The van der Waals surface area contributed by atoms with Gasteiger partial charge in [0.05, 0.1) is 12.7 Å². The fourth-order valence-corrected chi connectivity index (χ4v) is 1.52. The van der Waals surface area contributed by atoms with E-state index in [4.69, 9.17) is 9.63 Å². The van der Waals surface area contributed by atoms with Crippen molar-refractivity contribution in [3.05, 3.63) is 59.5 Å². The zero-order chi connectivity index (χ0) is 14.4. The topological polar surface area (TPSA) is 92.4 Å². The van der Waals surface area contributed by atoms with Crippen molar-refractivity contribution in [2.75, 3.05) is 0 Å². The summed E-state index contributed by atoms with van der Waals surface area (Å²) < 4.78 is 4.86. The minimum Gasteiger partial charge on any atom is -0.478 e. The lowest BCUT2D eigenvalue weighted by Gasteiger charge is -2.03. The van der Waals surface area contributed by atoms with Gasteiger partial charge in [0.1, 0.15) is 0 Å². The van der Waals surface area contributed by atoms with Crippen LogP contribution in [0.25, 0.3) is 6.08 Å². The standard InChI is InChI=1S/C14H12N2O4/c17-13(18)6-3-10-1-4-11(5-2-10)14(19)15-9-12-7-8-16-20-12/h1-8H,9H2,(H,15,19)(H,17,18)/b6-3+. The lowest BCUT2D eigenvalue weighted by Crippen LogP contribution is -2.22. The van der Waals surface area contributed by atoms with Crippen molar-refractivity contribution >= 4 is 18.0 Å². The van der Waals surface area contributed by atoms with Crippen molar-refractivity contribution in [2.45, 2.75) is 6.54 Å². The SMILES string of the molecule is O=C(O)/C=C/c1ccc(C(=O)NCc2ccno2)cc1. The van der Waals surface area contributed by atoms with Gasteiger partial charge in [0, 0.05) is 17.7 Å². The Labute approximate surface area is 114 Å². The highest BCUT2D eigenvalue weighted by Gasteiger charge is 2.06. The summed E-state index contributed by atoms with van der Waals surface area (Å²) in [5.41, 5.74) is 1.19. The fraction of sp³-hybridized carbons (Fsp3) is 0.0714. The van der Waals surface area contributed by atoms with Gasteiger partial charge in [-0.2, -0.15) is 0 Å². The van der Waals surface area contributed by atoms with Gasteiger partial charge in [0.25, 0.3) is 5.91 Å². The van der Waals surface area contributed by atoms with Gasteiger partial charge in [-0.1, -0.05) is 17.3 Å². The molecule has 0 fully saturated rings. The van der Waals surface area contributed by atoms with Gasteiger partial charge in [-0.15, -0.1) is 0 Å². The molecule has 20 heavy (non-hydrogen) atoms. The largest absolute Gasteiger partial charge is 0.478 e. The third-order valence-electron chi connectivity index (χ3n) is 2.51. The molecule has 1 aromatic heterocycles. The molecular weight excluding hydrogens is 260 g/mol. The molecule has 2 N–H and O–H groups in total. The average Bonchev–Trinajstić information content (AvgIpc) is 2.96. The minimum atomic E-state index is -1.01. The minimum absolute atomic E-state index is 0.241. The molecule has 0 saturated carbocycles. The molecule has 2 aromatic rings. The van der Waals surface area contributed by atoms with Gasteiger partial charge >= 0.3 is 5.97 Å². The van der Waals surface area contributed by atoms with E-state index in [1.807, 2.05) is 0 Å². The molecule has 1 aromatic carbocycles. The van der Waals surface area contributed by atoms with E-state index in [0.717, 1.165) is 6.08 Å². The molecule has 0 bridgehead atoms. The highest BCUT2D eigenvalue weighted by molar-refractivity contribution is 5.94. The number of carboxylic acids is 1. The molecule has 2 rings (SSSR count). The van der Waals surface area contributed by atoms with E-state index in [2.05, 4.69) is 10.5 Å². The number of carboxylic acid groups (broad SMARTS) is 1. The van der Waals surface area contributed by atoms with Crippen LogP contribution in [0.3, 0.4) is 0 Å². The van der Waals surface area contributed by atoms with Gasteiger partial charge in [-0.05, 0) is 23.8 Å². The molecule has 0 saturated heterocycles. The quantitative estimate of drug-likeness (QED) is 0.808. The van der Waals surface area contributed by atoms with E-state index in [1.54, 1.807) is 30.3 Å². The van der Waals surface area contributed by atoms with Gasteiger partial charge in [-0.25, -0.2) is 4.79 Å². The van der Waals surface area contributed by atoms with Gasteiger partial charge in [0.2, 0.25) is 0 Å². The summed E-state index contributed by atoms with van der Waals surface area (Å²) in [6.45, 7) is 0.263. The number of nitrogens with one attached hydrogen (secondary N) is 1. The number of rotatable bonds is 5. The van der Waals surface area contributed by atoms with Crippen molar-refractivity contribution < 1.29 is 19.2 Å². The van der Waals surface area contributed by atoms with Crippen LogP contribution >= 0.6 is 0 Å². The molecule has 6 heteroatoms. The van der Waals surface area contributed by atoms with Gasteiger partial charge < -0.3 is 14.9 Å². The molecule has 0 unspecified atom stereocenters. The Bertz CT molecular complexity index is 615. The Morgan fingerprint density at radius 1 is 1.25 bits per heavy atom. The number of amides is 1. The number of aromatic nitrogens is 1. The number of aliphatic carboxylic acids is 1. The monoisotopic (exact) mass is 272 g/mol. The van der Waals surface area contributed by atoms with Gasteiger partial charge in [0.15, 0.2) is 5.76 Å². The predicted octanol–water partition coefficient (Wildman–Crippen LogP) is 1.70. The zero-order valence-corrected chi connectivity index (χ0v) is 10.4. The van der Waals surface area contributed by atoms with Crippen LogP contribution in [-0.4, -0.2) is 22.1 Å². The van der Waals surface area contributed by atoms with Crippen molar-refractivity contribution in [3.63, 3.8) is 0 Å². The second-order valence-corrected chi connectivity index (χ2v) is 3.96. The first-order valence-electron chi connectivity index (χ1n) is 5.84. The summed E-state index contributed by atoms with van der Waals surface area (Å²) in [6.07, 6.45) is 4.00. The molecule has 0 atom stereocenters. The second kappa shape index (κ2) is 6.33. The van der Waals surface area contributed by atoms with Crippen LogP contribution in [0.5, 0.6) is 0 Å². The summed E-state index contributed by atoms with van der Waals surface area (Å²) in [6, 6.07) is 8.25. The molecular formula is C14H12N2O4. The smallest absolute Gasteiger partial charge is 0.328 e. The van der Waals surface area contributed by atoms with E-state index < -0.39 is 5.97 Å². The van der Waals surface area contributed by atoms with Gasteiger partial charge in [-0.3, -0.25) is 4.79 Å². The number of nitrogens with zero attached hydrogens (tertiary/aromatic N) is 1. The molecule has 102 valence electrons. The van der Waals surface area contributed by atoms with Crippen molar-refractivity contribution in [1.82, 2.24) is 10.5 Å². The van der Waals surface area contributed by atoms with Crippen LogP contribution in [0.1, 0.15) is 21.7 Å². The lowest BCUT2D eigenvalue weighted by molar-refractivity contribution is -0.131. The summed E-state index contributed by atoms with van der Waals surface area (Å²) in [7, 11) is 0. The Morgan fingerprint density at radius 3 is 2.60 bits per heavy atom. The normalized spacial score (nSPS) is 10.6. The Hall–Kier alpha value is -2.89. The van der Waals surface area contributed by atoms with E-state index in [-0.39, 0.29) is 12.5 Å². The van der Waals surface area contributed by atoms with Crippen molar-refractivity contribution in [3.8, 4) is 0 Å². The number of hydrogen-bond donors (Lipinski definition) is 2. The first kappa shape index (κ1) is 13.5. The number of carbonyl (C=O) groups excluding carboxylic acids is 1. The molecule has 0 spiro atoms. The predicted molar refractivity (Wildman–Crippen MR) is 70.8 cm³/mol. The lowest BCUT2D eigenvalue weighted by atomic mass is 10.1. The molecule has 1 heterocycles. The maximum absolute atomic E-state index is 11.8. The van der Waals surface area contributed by atoms with Crippen LogP contribution in [0.15, 0.2) is 47.1 Å². The third kappa shape index (κ3) is 3.81. The molecule has 6 nitrogen and oxygen atoms in total. The number of benzene rings is 1. The summed E-state index contributed by atoms with van der Waals surface area (Å²) in [5, 5.41) is 14.7. The van der Waals surface area contributed by atoms with Crippen LogP contribution < -0.4 is 5.32 Å². The van der Waals surface area contributed by atoms with E-state index in [1.165, 1.54) is 12.3 Å². The summed E-state index contributed by atoms with van der Waals surface area (Å²) in [4.78, 5) is 22.2. The third-order valence-corrected chi connectivity index (χ3v) is 2.51. The van der Waals surface area contributed by atoms with E-state index in [0.29, 0.717) is 16.9 Å². The molecule has 0 aliphatic carbocycles. The molecule has 0 aliphatic heterocycles. The summed E-state index contributed by atoms with van der Waals surface area (Å²) >= 11 is 0. The fourth-order valence-electron chi connectivity index (χ4n) is 1.52. The zero-order valence-electron chi connectivity index (χ0n) is 10.4. The Kier molecular flexibility index (Phi) is 4.28. The van der Waals surface area contributed by atoms with Crippen LogP contribution in [0.4, 0.5) is 0 Å². The number of carbonyl (C=O) groups is 2. The Balaban J connectivity index is 1.95. The van der Waals surface area contributed by atoms with Crippen LogP contribution in [0, 0.1) is 0 Å². The maximum Gasteiger partial charge on any atom is 0.328 e. The highest BCUT2D eigenvalue weighted by atomic mass is 16.5. The first-order valence-corrected chi connectivity index (χ1v) is 5.84. The Morgan fingerprint density at radius 2 is 2.00 bits per heavy atom. The van der Waals surface area contributed by atoms with Crippen molar-refractivity contribution in [1.29, 1.82) is 0 Å². The van der Waals surface area contributed by atoms with E-state index in [9.17, 15) is 9.59 Å². The molecule has 1 amide bonds. The van der Waals surface area contributed by atoms with E-state index >= 15 is 0 Å². The van der Waals surface area contributed by atoms with Crippen LogP contribution in [0.2, 0.25) is 0 Å². The highest BCUT2D eigenvalue weighted by Crippen LogP contribution is 2.07. The summed E-state index contributed by atoms with van der Waals surface area (Å²) in [5.74, 6) is -0.687. The molecule has 0 aliphatic rings. The average molecular weight is 272 g/mol. The van der Waals surface area contributed by atoms with Crippen LogP contribution in [-0.2, 0) is 11.3 Å². The molecule has 0 radical (unpaired) electrons. The number of hydrogen-bond acceptors (Lipinski definition) is 4. The second-order valence-electron chi connectivity index (χ2n) is 3.96. The van der Waals surface area contributed by atoms with Crippen molar-refractivity contribution in [2.24, 2.45) is 0 Å².